The fourth-order valence-corrected chi connectivity index (χ4v) is 14.7. The van der Waals surface area contributed by atoms with Crippen LogP contribution in [0.25, 0.3) is 21.8 Å². The summed E-state index contributed by atoms with van der Waals surface area (Å²) in [5.41, 5.74) is 12.5. The minimum Gasteiger partial charge on any atom is -0.504 e. The number of aliphatic imine (C=N–C) groups is 1. The molecule has 0 aliphatic carbocycles. The van der Waals surface area contributed by atoms with Crippen molar-refractivity contribution < 1.29 is 63.7 Å². The summed E-state index contributed by atoms with van der Waals surface area (Å²) in [6, 6.07) is 17.9. The van der Waals surface area contributed by atoms with Gasteiger partial charge < -0.3 is 43.5 Å². The van der Waals surface area contributed by atoms with Crippen LogP contribution >= 0.6 is 0 Å². The molecule has 7 aliphatic rings. The Hall–Kier alpha value is -8.37. The van der Waals surface area contributed by atoms with E-state index in [1.54, 1.807) is 42.7 Å². The Bertz CT molecular complexity index is 3540. The Kier molecular flexibility index (Phi) is 23.1. The van der Waals surface area contributed by atoms with Gasteiger partial charge >= 0.3 is 18.5 Å². The Morgan fingerprint density at radius 3 is 1.48 bits per heavy atom. The number of aliphatic hydroxyl groups is 1. The highest BCUT2D eigenvalue weighted by Crippen LogP contribution is 2.53. The number of H-pyrrole nitrogens is 2. The zero-order valence-corrected chi connectivity index (χ0v) is 52.0. The second-order valence-electron chi connectivity index (χ2n) is 22.9. The summed E-state index contributed by atoms with van der Waals surface area (Å²) in [7, 11) is 10.2. The predicted molar refractivity (Wildman–Crippen MR) is 332 cm³/mol. The molecule has 4 fully saturated rings. The third-order valence-corrected chi connectivity index (χ3v) is 18.6. The first-order valence-electron chi connectivity index (χ1n) is 30.0. The van der Waals surface area contributed by atoms with Crippen LogP contribution in [0.15, 0.2) is 133 Å². The van der Waals surface area contributed by atoms with Gasteiger partial charge in [0.15, 0.2) is 0 Å². The van der Waals surface area contributed by atoms with Gasteiger partial charge in [0.05, 0.1) is 97.9 Å². The van der Waals surface area contributed by atoms with Crippen LogP contribution in [0, 0.1) is 35.5 Å². The van der Waals surface area contributed by atoms with E-state index in [-0.39, 0.29) is 30.4 Å². The number of rotatable bonds is 12. The molecule has 2 aromatic heterocycles. The summed E-state index contributed by atoms with van der Waals surface area (Å²) in [6.45, 7) is 24.2. The molecule has 19 nitrogen and oxygen atoms in total. The van der Waals surface area contributed by atoms with E-state index in [1.165, 1.54) is 44.4 Å². The molecule has 0 amide bonds. The first-order valence-corrected chi connectivity index (χ1v) is 29.5. The lowest BCUT2D eigenvalue weighted by Crippen LogP contribution is -2.60. The molecule has 3 N–H and O–H groups in total. The number of piperidine rings is 4. The second kappa shape index (κ2) is 31.0. The highest BCUT2D eigenvalue weighted by atomic mass is 16.5. The van der Waals surface area contributed by atoms with Crippen LogP contribution in [-0.4, -0.2) is 142 Å². The maximum Gasteiger partial charge on any atom is 0.373 e. The number of methoxy groups -OCH3 is 6. The molecule has 3 aromatic carbocycles. The van der Waals surface area contributed by atoms with Crippen molar-refractivity contribution in [2.45, 2.75) is 83.0 Å². The summed E-state index contributed by atoms with van der Waals surface area (Å²) >= 11 is 0. The van der Waals surface area contributed by atoms with Crippen LogP contribution < -0.4 is 14.2 Å². The molecule has 0 radical (unpaired) electrons. The fourth-order valence-electron chi connectivity index (χ4n) is 14.7. The van der Waals surface area contributed by atoms with Gasteiger partial charge in [0.25, 0.3) is 0 Å². The minimum absolute atomic E-state index is 0.113. The van der Waals surface area contributed by atoms with Crippen molar-refractivity contribution in [2.24, 2.45) is 40.5 Å². The van der Waals surface area contributed by atoms with Gasteiger partial charge in [0, 0.05) is 72.5 Å². The predicted octanol–water partition coefficient (Wildman–Crippen LogP) is 10.6. The van der Waals surface area contributed by atoms with Crippen molar-refractivity contribution in [3.8, 4) is 17.2 Å². The summed E-state index contributed by atoms with van der Waals surface area (Å²) in [4.78, 5) is 68.3. The average Bonchev–Trinajstić information content (AvgIpc) is 1.65. The maximum absolute atomic E-state index is 11.7. The van der Waals surface area contributed by atoms with Gasteiger partial charge in [-0.2, -0.15) is 28.8 Å². The lowest BCUT2D eigenvalue weighted by molar-refractivity contribution is -0.193. The normalized spacial score (nSPS) is 26.9. The average molecular weight is 1210 g/mol. The zero-order chi connectivity index (χ0) is 64.7. The fraction of sp³-hybridized carbons (Fsp3) is 0.449. The van der Waals surface area contributed by atoms with Gasteiger partial charge in [-0.25, -0.2) is 0 Å². The molecule has 0 bridgehead atoms. The van der Waals surface area contributed by atoms with Gasteiger partial charge in [-0.3, -0.25) is 19.7 Å². The molecule has 0 unspecified atom stereocenters. The third-order valence-electron chi connectivity index (χ3n) is 18.6. The van der Waals surface area contributed by atoms with Crippen molar-refractivity contribution in [3.63, 3.8) is 0 Å². The number of nitrogens with one attached hydrogen (secondary N) is 2. The SMILES string of the molecule is C=C[C@H]1CN2CC[C@@]3(O)C(=Nc4cccc(OC)c43)[C@@H]2C[C@@H]1/C(C)=C\OC.C=C[C@H]1CN2CCc3c([nH]c4cccc(OC)c34)[C@@H]2C[C@@H]1/C(C)=C\OC.O=C=O.O=C=O.O=C=O.[2H][C@@]12C[C@H](/C(C)=C\OC)[C@@H](C=C)CN1CCc1c2[nH]c2cccc(OC)c12. The summed E-state index contributed by atoms with van der Waals surface area (Å²) < 4.78 is 42.1. The van der Waals surface area contributed by atoms with Crippen molar-refractivity contribution in [2.75, 3.05) is 81.9 Å². The van der Waals surface area contributed by atoms with E-state index in [1.807, 2.05) is 55.2 Å². The number of carbonyl (C=O) groups excluding carboxylic acids is 6. The molecule has 9 heterocycles. The lowest BCUT2D eigenvalue weighted by atomic mass is 9.71. The first kappa shape index (κ1) is 65.6. The number of hydrogen-bond acceptors (Lipinski definition) is 17. The van der Waals surface area contributed by atoms with Gasteiger partial charge in [-0.05, 0) is 159 Å². The Balaban J connectivity index is 0.000000178. The highest BCUT2D eigenvalue weighted by Gasteiger charge is 2.54. The van der Waals surface area contributed by atoms with E-state index >= 15 is 0 Å². The molecule has 468 valence electrons. The Morgan fingerprint density at radius 2 is 1.00 bits per heavy atom. The largest absolute Gasteiger partial charge is 0.504 e. The van der Waals surface area contributed by atoms with Crippen LogP contribution in [-0.2, 0) is 61.4 Å². The molecule has 10 atom stereocenters. The number of ether oxygens (including phenoxy) is 6. The standard InChI is InChI=1S/C22H28N2O3.2C22H28N2O2.3CO2/c1-5-15-12-24-10-9-22(25)20-17(7-6-8-19(20)27-4)23-21(22)18(24)11-16(15)14(2)13-26-3;2*1-5-15-12-24-10-9-16-21-18(7-6-8-20(21)26-4)23-22(16)19(24)11-17(15)14(2)13-25-3;3*2-1-3/h5-8,13,15-16,18,25H,1,9-12H2,2-4H3;2*5-8,13,15,17,19,23H,1,9-12H2,2-4H3;;;/b3*14-13-;;;/t15-,16+,18-,22-;2*15-,17+,19-;;;/m000.../s1/i;19D;;;;. The molecule has 0 spiro atoms. The highest BCUT2D eigenvalue weighted by molar-refractivity contribution is 6.05. The van der Waals surface area contributed by atoms with Gasteiger partial charge in [0.1, 0.15) is 22.8 Å². The molecular formula is C69H84N6O13. The van der Waals surface area contributed by atoms with E-state index < -0.39 is 11.6 Å². The third kappa shape index (κ3) is 13.7. The van der Waals surface area contributed by atoms with Gasteiger partial charge in [0.2, 0.25) is 0 Å². The molecule has 4 saturated heterocycles. The summed E-state index contributed by atoms with van der Waals surface area (Å²) in [5.74, 6) is 4.79. The van der Waals surface area contributed by atoms with Crippen LogP contribution in [0.3, 0.4) is 0 Å². The summed E-state index contributed by atoms with van der Waals surface area (Å²) in [5, 5.41) is 14.1. The number of benzene rings is 3. The van der Waals surface area contributed by atoms with E-state index in [0.29, 0.717) is 47.8 Å². The molecular weight excluding hydrogens is 1120 g/mol. The van der Waals surface area contributed by atoms with Crippen LogP contribution in [0.4, 0.5) is 5.69 Å². The Morgan fingerprint density at radius 1 is 0.591 bits per heavy atom. The number of aromatic nitrogens is 2. The molecule has 19 heteroatoms. The van der Waals surface area contributed by atoms with Crippen molar-refractivity contribution >= 4 is 51.7 Å². The number of fused-ring (bicyclic) bond motifs is 15. The maximum atomic E-state index is 11.7. The molecule has 12 rings (SSSR count). The monoisotopic (exact) mass is 1210 g/mol. The van der Waals surface area contributed by atoms with E-state index in [9.17, 15) is 6.48 Å². The molecule has 0 saturated carbocycles. The number of allylic oxidation sites excluding steroid dienone is 3. The molecule has 5 aromatic rings. The zero-order valence-electron chi connectivity index (χ0n) is 53.0. The van der Waals surface area contributed by atoms with Crippen LogP contribution in [0.5, 0.6) is 17.2 Å². The summed E-state index contributed by atoms with van der Waals surface area (Å²) in [6.07, 6.45) is 17.9. The number of aromatic amines is 2. The van der Waals surface area contributed by atoms with Crippen molar-refractivity contribution in [3.05, 3.63) is 156 Å². The van der Waals surface area contributed by atoms with E-state index in [2.05, 4.69) is 102 Å². The number of nitrogens with zero attached hydrogens (tertiary/aromatic N) is 4. The second-order valence-corrected chi connectivity index (χ2v) is 22.9. The van der Waals surface area contributed by atoms with Gasteiger partial charge in [-0.1, -0.05) is 36.4 Å². The van der Waals surface area contributed by atoms with E-state index in [0.717, 1.165) is 116 Å². The van der Waals surface area contributed by atoms with Gasteiger partial charge in [-0.15, -0.1) is 19.7 Å². The van der Waals surface area contributed by atoms with Crippen molar-refractivity contribution in [1.82, 2.24) is 24.7 Å². The van der Waals surface area contributed by atoms with Crippen LogP contribution in [0.2, 0.25) is 0 Å². The van der Waals surface area contributed by atoms with Crippen LogP contribution in [0.1, 0.15) is 88.0 Å². The molecule has 7 aliphatic heterocycles. The van der Waals surface area contributed by atoms with E-state index in [4.69, 9.17) is 62.2 Å². The lowest BCUT2D eigenvalue weighted by Gasteiger charge is -2.50. The quantitative estimate of drug-likeness (QED) is 0.0779. The Labute approximate surface area is 516 Å². The first-order chi connectivity index (χ1) is 43.0. The molecule has 88 heavy (non-hydrogen) atoms. The van der Waals surface area contributed by atoms with Crippen molar-refractivity contribution in [1.29, 1.82) is 0 Å². The minimum atomic E-state index is -1.03. The smallest absolute Gasteiger partial charge is 0.373 e. The number of hydrogen-bond donors (Lipinski definition) is 3. The topological polar surface area (TPSA) is 232 Å².